The molecule has 1 aromatic carbocycles. The predicted octanol–water partition coefficient (Wildman–Crippen LogP) is 7.50. The summed E-state index contributed by atoms with van der Waals surface area (Å²) in [5, 5.41) is 0. The molecule has 1 aliphatic carbocycles. The molecule has 0 aromatic heterocycles. The Morgan fingerprint density at radius 3 is 2.31 bits per heavy atom. The van der Waals surface area contributed by atoms with Crippen LogP contribution in [0.25, 0.3) is 0 Å². The Morgan fingerprint density at radius 1 is 0.923 bits per heavy atom. The molecule has 1 nitrogen and oxygen atoms in total. The molecule has 144 valence electrons. The molecule has 1 aliphatic rings. The molecule has 1 heteroatoms. The zero-order valence-electron chi connectivity index (χ0n) is 16.8. The van der Waals surface area contributed by atoms with Gasteiger partial charge in [-0.25, -0.2) is 0 Å². The summed E-state index contributed by atoms with van der Waals surface area (Å²) in [6.07, 6.45) is 22.6. The fourth-order valence-electron chi connectivity index (χ4n) is 4.20. The van der Waals surface area contributed by atoms with Crippen LogP contribution in [0, 0.1) is 18.3 Å². The van der Waals surface area contributed by atoms with E-state index in [-0.39, 0.29) is 0 Å². The van der Waals surface area contributed by atoms with Gasteiger partial charge in [0.05, 0.1) is 6.61 Å². The second-order valence-corrected chi connectivity index (χ2v) is 8.00. The Labute approximate surface area is 161 Å². The van der Waals surface area contributed by atoms with Gasteiger partial charge in [-0.15, -0.1) is 12.3 Å². The Kier molecular flexibility index (Phi) is 10.3. The summed E-state index contributed by atoms with van der Waals surface area (Å²) >= 11 is 0. The van der Waals surface area contributed by atoms with Crippen molar-refractivity contribution in [1.82, 2.24) is 0 Å². The van der Waals surface area contributed by atoms with Crippen LogP contribution in [0.3, 0.4) is 0 Å². The number of ether oxygens (including phenoxy) is 1. The first-order valence-electron chi connectivity index (χ1n) is 11.0. The number of hydrogen-bond donors (Lipinski definition) is 0. The van der Waals surface area contributed by atoms with Gasteiger partial charge >= 0.3 is 0 Å². The number of hydrogen-bond acceptors (Lipinski definition) is 1. The lowest BCUT2D eigenvalue weighted by Crippen LogP contribution is -2.13. The minimum Gasteiger partial charge on any atom is -0.494 e. The van der Waals surface area contributed by atoms with Gasteiger partial charge in [0.25, 0.3) is 0 Å². The first-order chi connectivity index (χ1) is 12.8. The molecule has 1 aromatic rings. The third-order valence-corrected chi connectivity index (χ3v) is 5.90. The van der Waals surface area contributed by atoms with Crippen molar-refractivity contribution in [3.63, 3.8) is 0 Å². The van der Waals surface area contributed by atoms with E-state index >= 15 is 0 Å². The molecule has 0 radical (unpaired) electrons. The Bertz CT molecular complexity index is 502. The van der Waals surface area contributed by atoms with Gasteiger partial charge < -0.3 is 4.74 Å². The minimum absolute atomic E-state index is 0.715. The lowest BCUT2D eigenvalue weighted by atomic mass is 9.77. The fourth-order valence-corrected chi connectivity index (χ4v) is 4.20. The van der Waals surface area contributed by atoms with E-state index in [2.05, 4.69) is 37.1 Å². The standard InChI is InChI=1S/C25H38O/c1-3-5-7-8-9-10-12-22-13-15-23(16-14-22)24-17-19-25(20-18-24)26-21-11-6-4-2/h2,17-20,22-23H,3,5-16,21H2,1H3. The van der Waals surface area contributed by atoms with E-state index in [4.69, 9.17) is 11.2 Å². The van der Waals surface area contributed by atoms with Crippen molar-refractivity contribution in [2.45, 2.75) is 96.3 Å². The van der Waals surface area contributed by atoms with Crippen molar-refractivity contribution in [2.24, 2.45) is 5.92 Å². The maximum absolute atomic E-state index is 5.75. The molecule has 0 atom stereocenters. The molecule has 0 amide bonds. The topological polar surface area (TPSA) is 9.23 Å². The third-order valence-electron chi connectivity index (χ3n) is 5.90. The SMILES string of the molecule is C#CCCCOc1ccc(C2CCC(CCCCCCCC)CC2)cc1. The molecule has 0 heterocycles. The lowest BCUT2D eigenvalue weighted by molar-refractivity contribution is 0.300. The monoisotopic (exact) mass is 354 g/mol. The van der Waals surface area contributed by atoms with Crippen LogP contribution in [0.2, 0.25) is 0 Å². The third kappa shape index (κ3) is 7.86. The van der Waals surface area contributed by atoms with Gasteiger partial charge in [-0.3, -0.25) is 0 Å². The van der Waals surface area contributed by atoms with E-state index in [9.17, 15) is 0 Å². The molecular weight excluding hydrogens is 316 g/mol. The second kappa shape index (κ2) is 12.9. The van der Waals surface area contributed by atoms with Crippen LogP contribution in [0.4, 0.5) is 0 Å². The maximum Gasteiger partial charge on any atom is 0.119 e. The average Bonchev–Trinajstić information content (AvgIpc) is 2.69. The summed E-state index contributed by atoms with van der Waals surface area (Å²) in [6, 6.07) is 8.81. The molecule has 1 saturated carbocycles. The van der Waals surface area contributed by atoms with E-state index in [1.165, 1.54) is 76.2 Å². The van der Waals surface area contributed by atoms with Gasteiger partial charge in [-0.05, 0) is 61.6 Å². The molecule has 1 fully saturated rings. The normalized spacial score (nSPS) is 19.8. The number of unbranched alkanes of at least 4 members (excludes halogenated alkanes) is 6. The van der Waals surface area contributed by atoms with Gasteiger partial charge in [0.1, 0.15) is 5.75 Å². The van der Waals surface area contributed by atoms with Crippen molar-refractivity contribution < 1.29 is 4.74 Å². The minimum atomic E-state index is 0.715. The summed E-state index contributed by atoms with van der Waals surface area (Å²) in [7, 11) is 0. The van der Waals surface area contributed by atoms with Crippen molar-refractivity contribution in [3.8, 4) is 18.1 Å². The predicted molar refractivity (Wildman–Crippen MR) is 113 cm³/mol. The smallest absolute Gasteiger partial charge is 0.119 e. The van der Waals surface area contributed by atoms with Crippen molar-refractivity contribution in [1.29, 1.82) is 0 Å². The number of benzene rings is 1. The molecule has 0 spiro atoms. The van der Waals surface area contributed by atoms with Crippen LogP contribution in [-0.4, -0.2) is 6.61 Å². The lowest BCUT2D eigenvalue weighted by Gasteiger charge is -2.29. The van der Waals surface area contributed by atoms with E-state index in [1.807, 2.05) is 0 Å². The first kappa shape index (κ1) is 20.9. The maximum atomic E-state index is 5.75. The summed E-state index contributed by atoms with van der Waals surface area (Å²) in [6.45, 7) is 3.01. The summed E-state index contributed by atoms with van der Waals surface area (Å²) in [5.74, 6) is 5.37. The highest BCUT2D eigenvalue weighted by Crippen LogP contribution is 2.38. The second-order valence-electron chi connectivity index (χ2n) is 8.00. The fraction of sp³-hybridized carbons (Fsp3) is 0.680. The molecular formula is C25H38O. The average molecular weight is 355 g/mol. The Hall–Kier alpha value is -1.42. The van der Waals surface area contributed by atoms with Gasteiger partial charge in [0.15, 0.2) is 0 Å². The van der Waals surface area contributed by atoms with Crippen LogP contribution >= 0.6 is 0 Å². The van der Waals surface area contributed by atoms with E-state index in [0.29, 0.717) is 6.61 Å². The molecule has 0 N–H and O–H groups in total. The van der Waals surface area contributed by atoms with E-state index in [0.717, 1.165) is 30.4 Å². The first-order valence-corrected chi connectivity index (χ1v) is 11.0. The van der Waals surface area contributed by atoms with Crippen LogP contribution < -0.4 is 4.74 Å². The molecule has 0 unspecified atom stereocenters. The molecule has 26 heavy (non-hydrogen) atoms. The highest BCUT2D eigenvalue weighted by molar-refractivity contribution is 5.29. The number of rotatable bonds is 12. The van der Waals surface area contributed by atoms with Crippen molar-refractivity contribution in [2.75, 3.05) is 6.61 Å². The van der Waals surface area contributed by atoms with E-state index in [1.54, 1.807) is 0 Å². The Balaban J connectivity index is 1.62. The molecule has 0 saturated heterocycles. The molecule has 2 rings (SSSR count). The zero-order chi connectivity index (χ0) is 18.5. The molecule has 0 aliphatic heterocycles. The van der Waals surface area contributed by atoms with Crippen LogP contribution in [-0.2, 0) is 0 Å². The van der Waals surface area contributed by atoms with Crippen LogP contribution in [0.15, 0.2) is 24.3 Å². The van der Waals surface area contributed by atoms with Gasteiger partial charge in [-0.2, -0.15) is 0 Å². The van der Waals surface area contributed by atoms with Gasteiger partial charge in [-0.1, -0.05) is 64.0 Å². The summed E-state index contributed by atoms with van der Waals surface area (Å²) < 4.78 is 5.75. The quantitative estimate of drug-likeness (QED) is 0.279. The summed E-state index contributed by atoms with van der Waals surface area (Å²) in [5.41, 5.74) is 1.50. The number of terminal acetylenes is 1. The largest absolute Gasteiger partial charge is 0.494 e. The van der Waals surface area contributed by atoms with Crippen LogP contribution in [0.5, 0.6) is 5.75 Å². The van der Waals surface area contributed by atoms with Gasteiger partial charge in [0, 0.05) is 6.42 Å². The highest BCUT2D eigenvalue weighted by Gasteiger charge is 2.22. The van der Waals surface area contributed by atoms with Crippen molar-refractivity contribution in [3.05, 3.63) is 29.8 Å². The zero-order valence-corrected chi connectivity index (χ0v) is 16.8. The van der Waals surface area contributed by atoms with Crippen molar-refractivity contribution >= 4 is 0 Å². The molecule has 0 bridgehead atoms. The highest BCUT2D eigenvalue weighted by atomic mass is 16.5. The van der Waals surface area contributed by atoms with Crippen LogP contribution in [0.1, 0.15) is 102 Å². The van der Waals surface area contributed by atoms with Gasteiger partial charge in [0.2, 0.25) is 0 Å². The van der Waals surface area contributed by atoms with E-state index < -0.39 is 0 Å². The summed E-state index contributed by atoms with van der Waals surface area (Å²) in [4.78, 5) is 0. The Morgan fingerprint density at radius 2 is 1.62 bits per heavy atom.